The fourth-order valence-corrected chi connectivity index (χ4v) is 2.38. The molecule has 0 unspecified atom stereocenters. The van der Waals surface area contributed by atoms with E-state index in [2.05, 4.69) is 24.3 Å². The zero-order valence-electron chi connectivity index (χ0n) is 13.1. The predicted octanol–water partition coefficient (Wildman–Crippen LogP) is 3.02. The first-order valence-corrected chi connectivity index (χ1v) is 7.69. The van der Waals surface area contributed by atoms with Crippen molar-refractivity contribution in [3.05, 3.63) is 47.3 Å². The van der Waals surface area contributed by atoms with Crippen molar-refractivity contribution in [2.45, 2.75) is 45.6 Å². The number of carbonyl (C=O) groups excluding carboxylic acids is 1. The minimum absolute atomic E-state index is 0.0507. The standard InChI is InChI=1S/C17H23N3O2/c1-3-13(4-2)16-10-15(22-20-16)11-19-17(21)9-12-5-7-14(18)8-6-12/h5-8,10,13H,3-4,9,11,18H2,1-2H3,(H,19,21). The third-order valence-electron chi connectivity index (χ3n) is 3.79. The van der Waals surface area contributed by atoms with Crippen LogP contribution in [0.15, 0.2) is 34.9 Å². The first-order valence-electron chi connectivity index (χ1n) is 7.69. The maximum absolute atomic E-state index is 11.9. The maximum Gasteiger partial charge on any atom is 0.224 e. The molecule has 0 fully saturated rings. The lowest BCUT2D eigenvalue weighted by Gasteiger charge is -2.06. The number of amides is 1. The van der Waals surface area contributed by atoms with Crippen LogP contribution in [-0.2, 0) is 17.8 Å². The van der Waals surface area contributed by atoms with Crippen LogP contribution in [-0.4, -0.2) is 11.1 Å². The van der Waals surface area contributed by atoms with Crippen LogP contribution in [0.25, 0.3) is 0 Å². The Kier molecular flexibility index (Phi) is 5.58. The van der Waals surface area contributed by atoms with Crippen molar-refractivity contribution >= 4 is 11.6 Å². The van der Waals surface area contributed by atoms with Gasteiger partial charge in [0.05, 0.1) is 18.7 Å². The number of benzene rings is 1. The number of nitrogen functional groups attached to an aromatic ring is 1. The Bertz CT molecular complexity index is 601. The lowest BCUT2D eigenvalue weighted by molar-refractivity contribution is -0.120. The van der Waals surface area contributed by atoms with E-state index in [0.717, 1.165) is 24.1 Å². The molecule has 1 amide bonds. The fraction of sp³-hybridized carbons (Fsp3) is 0.412. The summed E-state index contributed by atoms with van der Waals surface area (Å²) < 4.78 is 5.28. The number of nitrogens with zero attached hydrogens (tertiary/aromatic N) is 1. The number of rotatable bonds is 7. The quantitative estimate of drug-likeness (QED) is 0.770. The van der Waals surface area contributed by atoms with Crippen LogP contribution in [0.2, 0.25) is 0 Å². The lowest BCUT2D eigenvalue weighted by Crippen LogP contribution is -2.24. The number of nitrogens with two attached hydrogens (primary N) is 1. The molecule has 0 bridgehead atoms. The Balaban J connectivity index is 1.84. The van der Waals surface area contributed by atoms with E-state index in [1.54, 1.807) is 12.1 Å². The summed E-state index contributed by atoms with van der Waals surface area (Å²) in [7, 11) is 0. The van der Waals surface area contributed by atoms with E-state index >= 15 is 0 Å². The summed E-state index contributed by atoms with van der Waals surface area (Å²) in [6, 6.07) is 9.23. The number of nitrogens with one attached hydrogen (secondary N) is 1. The molecule has 5 nitrogen and oxygen atoms in total. The van der Waals surface area contributed by atoms with Crippen molar-refractivity contribution in [2.24, 2.45) is 0 Å². The maximum atomic E-state index is 11.9. The predicted molar refractivity (Wildman–Crippen MR) is 86.2 cm³/mol. The van der Waals surface area contributed by atoms with Gasteiger partial charge in [0.25, 0.3) is 0 Å². The average molecular weight is 301 g/mol. The molecule has 0 saturated heterocycles. The summed E-state index contributed by atoms with van der Waals surface area (Å²) in [4.78, 5) is 11.9. The molecule has 0 spiro atoms. The highest BCUT2D eigenvalue weighted by atomic mass is 16.5. The first-order chi connectivity index (χ1) is 10.6. The van der Waals surface area contributed by atoms with Crippen LogP contribution in [0.3, 0.4) is 0 Å². The van der Waals surface area contributed by atoms with Crippen molar-refractivity contribution in [1.82, 2.24) is 10.5 Å². The molecule has 0 radical (unpaired) electrons. The number of carbonyl (C=O) groups is 1. The van der Waals surface area contributed by atoms with Crippen molar-refractivity contribution in [3.63, 3.8) is 0 Å². The summed E-state index contributed by atoms with van der Waals surface area (Å²) in [5, 5.41) is 6.94. The molecule has 5 heteroatoms. The van der Waals surface area contributed by atoms with Crippen LogP contribution in [0.4, 0.5) is 5.69 Å². The van der Waals surface area contributed by atoms with Gasteiger partial charge in [0.2, 0.25) is 5.91 Å². The normalized spacial score (nSPS) is 10.9. The molecule has 0 aliphatic heterocycles. The summed E-state index contributed by atoms with van der Waals surface area (Å²) in [6.45, 7) is 4.63. The van der Waals surface area contributed by atoms with Gasteiger partial charge in [-0.15, -0.1) is 0 Å². The van der Waals surface area contributed by atoms with E-state index in [1.807, 2.05) is 18.2 Å². The van der Waals surface area contributed by atoms with E-state index in [4.69, 9.17) is 10.3 Å². The van der Waals surface area contributed by atoms with Gasteiger partial charge in [0.1, 0.15) is 0 Å². The van der Waals surface area contributed by atoms with E-state index < -0.39 is 0 Å². The second-order valence-corrected chi connectivity index (χ2v) is 5.43. The van der Waals surface area contributed by atoms with Crippen molar-refractivity contribution < 1.29 is 9.32 Å². The van der Waals surface area contributed by atoms with Gasteiger partial charge in [-0.1, -0.05) is 31.1 Å². The molecule has 1 aromatic carbocycles. The van der Waals surface area contributed by atoms with Gasteiger partial charge in [0, 0.05) is 17.7 Å². The molecule has 0 saturated carbocycles. The number of anilines is 1. The number of hydrogen-bond acceptors (Lipinski definition) is 4. The highest BCUT2D eigenvalue weighted by molar-refractivity contribution is 5.78. The van der Waals surface area contributed by atoms with Crippen molar-refractivity contribution in [1.29, 1.82) is 0 Å². The Morgan fingerprint density at radius 2 is 1.95 bits per heavy atom. The highest BCUT2D eigenvalue weighted by Gasteiger charge is 2.13. The third kappa shape index (κ3) is 4.35. The fourth-order valence-electron chi connectivity index (χ4n) is 2.38. The molecular weight excluding hydrogens is 278 g/mol. The molecule has 1 heterocycles. The molecule has 3 N–H and O–H groups in total. The zero-order chi connectivity index (χ0) is 15.9. The molecule has 118 valence electrons. The largest absolute Gasteiger partial charge is 0.399 e. The Morgan fingerprint density at radius 1 is 1.27 bits per heavy atom. The SMILES string of the molecule is CCC(CC)c1cc(CNC(=O)Cc2ccc(N)cc2)on1. The number of aromatic nitrogens is 1. The monoisotopic (exact) mass is 301 g/mol. The van der Waals surface area contributed by atoms with Gasteiger partial charge in [0.15, 0.2) is 5.76 Å². The third-order valence-corrected chi connectivity index (χ3v) is 3.79. The Hall–Kier alpha value is -2.30. The van der Waals surface area contributed by atoms with Crippen LogP contribution in [0, 0.1) is 0 Å². The molecular formula is C17H23N3O2. The second-order valence-electron chi connectivity index (χ2n) is 5.43. The van der Waals surface area contributed by atoms with Crippen LogP contribution < -0.4 is 11.1 Å². The average Bonchev–Trinajstić information content (AvgIpc) is 2.98. The van der Waals surface area contributed by atoms with E-state index in [1.165, 1.54) is 0 Å². The van der Waals surface area contributed by atoms with Gasteiger partial charge in [-0.05, 0) is 30.5 Å². The number of hydrogen-bond donors (Lipinski definition) is 2. The van der Waals surface area contributed by atoms with Crippen LogP contribution in [0.1, 0.15) is 49.6 Å². The zero-order valence-corrected chi connectivity index (χ0v) is 13.1. The van der Waals surface area contributed by atoms with Gasteiger partial charge in [-0.3, -0.25) is 4.79 Å². The minimum Gasteiger partial charge on any atom is -0.399 e. The van der Waals surface area contributed by atoms with Gasteiger partial charge in [-0.25, -0.2) is 0 Å². The van der Waals surface area contributed by atoms with Crippen LogP contribution in [0.5, 0.6) is 0 Å². The van der Waals surface area contributed by atoms with Gasteiger partial charge < -0.3 is 15.6 Å². The summed E-state index contributed by atoms with van der Waals surface area (Å²) in [5.74, 6) is 1.06. The minimum atomic E-state index is -0.0507. The second kappa shape index (κ2) is 7.64. The topological polar surface area (TPSA) is 81.2 Å². The van der Waals surface area contributed by atoms with Crippen molar-refractivity contribution in [2.75, 3.05) is 5.73 Å². The molecule has 0 aliphatic carbocycles. The molecule has 2 rings (SSSR count). The van der Waals surface area contributed by atoms with Crippen LogP contribution >= 0.6 is 0 Å². The summed E-state index contributed by atoms with van der Waals surface area (Å²) in [6.07, 6.45) is 2.39. The Morgan fingerprint density at radius 3 is 2.59 bits per heavy atom. The van der Waals surface area contributed by atoms with E-state index in [-0.39, 0.29) is 5.91 Å². The lowest BCUT2D eigenvalue weighted by atomic mass is 9.99. The summed E-state index contributed by atoms with van der Waals surface area (Å²) in [5.41, 5.74) is 8.21. The molecule has 22 heavy (non-hydrogen) atoms. The van der Waals surface area contributed by atoms with E-state index in [0.29, 0.717) is 30.3 Å². The summed E-state index contributed by atoms with van der Waals surface area (Å²) >= 11 is 0. The van der Waals surface area contributed by atoms with Gasteiger partial charge in [-0.2, -0.15) is 0 Å². The highest BCUT2D eigenvalue weighted by Crippen LogP contribution is 2.22. The Labute approximate surface area is 130 Å². The van der Waals surface area contributed by atoms with Crippen molar-refractivity contribution in [3.8, 4) is 0 Å². The molecule has 0 atom stereocenters. The molecule has 1 aromatic heterocycles. The van der Waals surface area contributed by atoms with E-state index in [9.17, 15) is 4.79 Å². The molecule has 2 aromatic rings. The molecule has 0 aliphatic rings. The smallest absolute Gasteiger partial charge is 0.224 e. The first kappa shape index (κ1) is 16.1. The van der Waals surface area contributed by atoms with Gasteiger partial charge >= 0.3 is 0 Å².